The van der Waals surface area contributed by atoms with Crippen LogP contribution in [0.15, 0.2) is 23.1 Å². The number of anilines is 3. The van der Waals surface area contributed by atoms with Gasteiger partial charge >= 0.3 is 5.69 Å². The van der Waals surface area contributed by atoms with Gasteiger partial charge in [0.15, 0.2) is 11.6 Å². The van der Waals surface area contributed by atoms with Crippen LogP contribution in [0.3, 0.4) is 0 Å². The van der Waals surface area contributed by atoms with Crippen LogP contribution in [0.5, 0.6) is 5.75 Å². The smallest absolute Gasteiger partial charge is 0.368 e. The van der Waals surface area contributed by atoms with Crippen LogP contribution in [0.4, 0.5) is 21.8 Å². The van der Waals surface area contributed by atoms with Gasteiger partial charge in [0.25, 0.3) is 0 Å². The molecule has 0 aliphatic carbocycles. The van der Waals surface area contributed by atoms with Crippen molar-refractivity contribution < 1.29 is 14.2 Å². The van der Waals surface area contributed by atoms with E-state index in [9.17, 15) is 9.90 Å². The molecule has 0 spiro atoms. The van der Waals surface area contributed by atoms with Gasteiger partial charge in [0.1, 0.15) is 23.1 Å². The molecule has 4 heterocycles. The first-order valence-corrected chi connectivity index (χ1v) is 13.4. The van der Waals surface area contributed by atoms with Crippen molar-refractivity contribution in [3.63, 3.8) is 0 Å². The SMILES string of the molecule is CC(O)COc1cc(F)c(Nc2ncc(Cl)c(N[C@@H]3C[C@@H]4CCCN4C(C)(C)C3)n2)cc1-n1nnn(C)c1=O. The normalized spacial score (nSPS) is 21.4. The lowest BCUT2D eigenvalue weighted by molar-refractivity contribution is 0.0501. The van der Waals surface area contributed by atoms with Crippen molar-refractivity contribution >= 4 is 29.1 Å². The fourth-order valence-electron chi connectivity index (χ4n) is 5.56. The molecule has 2 aliphatic rings. The Morgan fingerprint density at radius 3 is 2.85 bits per heavy atom. The first kappa shape index (κ1) is 27.3. The molecule has 1 unspecified atom stereocenters. The largest absolute Gasteiger partial charge is 0.489 e. The maximum absolute atomic E-state index is 15.2. The summed E-state index contributed by atoms with van der Waals surface area (Å²) in [4.78, 5) is 23.9. The molecule has 2 aliphatic heterocycles. The Kier molecular flexibility index (Phi) is 7.49. The number of ether oxygens (including phenoxy) is 1. The van der Waals surface area contributed by atoms with E-state index in [1.807, 2.05) is 0 Å². The molecule has 2 aromatic heterocycles. The van der Waals surface area contributed by atoms with E-state index in [4.69, 9.17) is 16.3 Å². The van der Waals surface area contributed by atoms with Crippen LogP contribution in [0, 0.1) is 5.82 Å². The Labute approximate surface area is 230 Å². The number of aryl methyl sites for hydroxylation is 1. The summed E-state index contributed by atoms with van der Waals surface area (Å²) in [5.74, 6) is -0.0842. The number of piperidine rings is 1. The summed E-state index contributed by atoms with van der Waals surface area (Å²) in [5.41, 5.74) is -0.371. The molecule has 2 saturated heterocycles. The molecule has 14 heteroatoms. The molecule has 5 rings (SSSR count). The van der Waals surface area contributed by atoms with E-state index in [0.29, 0.717) is 16.9 Å². The zero-order valence-corrected chi connectivity index (χ0v) is 23.1. The van der Waals surface area contributed by atoms with Crippen molar-refractivity contribution in [3.05, 3.63) is 39.7 Å². The van der Waals surface area contributed by atoms with E-state index in [0.717, 1.165) is 34.8 Å². The van der Waals surface area contributed by atoms with Crippen molar-refractivity contribution in [2.75, 3.05) is 23.8 Å². The first-order valence-electron chi connectivity index (χ1n) is 13.0. The summed E-state index contributed by atoms with van der Waals surface area (Å²) in [6.45, 7) is 7.09. The number of halogens is 2. The van der Waals surface area contributed by atoms with Gasteiger partial charge in [-0.2, -0.15) is 14.3 Å². The number of aromatic nitrogens is 6. The summed E-state index contributed by atoms with van der Waals surface area (Å²) in [5, 5.41) is 23.9. The third-order valence-electron chi connectivity index (χ3n) is 7.27. The Morgan fingerprint density at radius 2 is 2.13 bits per heavy atom. The molecule has 2 fully saturated rings. The fourth-order valence-corrected chi connectivity index (χ4v) is 5.70. The fraction of sp³-hybridized carbons (Fsp3) is 0.560. The summed E-state index contributed by atoms with van der Waals surface area (Å²) >= 11 is 6.45. The molecule has 1 aromatic carbocycles. The van der Waals surface area contributed by atoms with Gasteiger partial charge in [-0.1, -0.05) is 11.6 Å². The predicted octanol–water partition coefficient (Wildman–Crippen LogP) is 2.87. The van der Waals surface area contributed by atoms with E-state index in [2.05, 4.69) is 49.8 Å². The van der Waals surface area contributed by atoms with Crippen LogP contribution in [0.2, 0.25) is 5.02 Å². The maximum atomic E-state index is 15.2. The Balaban J connectivity index is 1.41. The van der Waals surface area contributed by atoms with Crippen molar-refractivity contribution in [2.24, 2.45) is 7.05 Å². The standard InChI is InChI=1S/C25H33ClFN9O3/c1-14(37)13-39-21-9-18(27)19(10-20(21)36-24(38)34(4)32-33-36)30-23-28-12-17(26)22(31-23)29-15-8-16-6-5-7-35(16)25(2,3)11-15/h9-10,12,14-16,37H,5-8,11,13H2,1-4H3,(H2,28,29,30,31)/t14?,15-,16+/m1/s1. The summed E-state index contributed by atoms with van der Waals surface area (Å²) in [6.07, 6.45) is 4.97. The summed E-state index contributed by atoms with van der Waals surface area (Å²) < 4.78 is 22.8. The zero-order valence-electron chi connectivity index (χ0n) is 22.4. The molecule has 3 aromatic rings. The second-order valence-corrected chi connectivity index (χ2v) is 11.3. The molecule has 39 heavy (non-hydrogen) atoms. The number of aliphatic hydroxyl groups is 1. The van der Waals surface area contributed by atoms with Gasteiger partial charge in [0, 0.05) is 30.7 Å². The number of aliphatic hydroxyl groups excluding tert-OH is 1. The average molecular weight is 562 g/mol. The van der Waals surface area contributed by atoms with Gasteiger partial charge in [-0.3, -0.25) is 4.90 Å². The van der Waals surface area contributed by atoms with Gasteiger partial charge in [-0.25, -0.2) is 14.2 Å². The number of rotatable bonds is 8. The first-order chi connectivity index (χ1) is 18.5. The van der Waals surface area contributed by atoms with Gasteiger partial charge < -0.3 is 20.5 Å². The predicted molar refractivity (Wildman–Crippen MR) is 145 cm³/mol. The lowest BCUT2D eigenvalue weighted by atomic mass is 9.84. The topological polar surface area (TPSA) is 135 Å². The monoisotopic (exact) mass is 561 g/mol. The summed E-state index contributed by atoms with van der Waals surface area (Å²) in [6, 6.07) is 3.16. The van der Waals surface area contributed by atoms with Crippen molar-refractivity contribution in [1.82, 2.24) is 34.7 Å². The third kappa shape index (κ3) is 5.70. The number of hydrogen-bond acceptors (Lipinski definition) is 10. The lowest BCUT2D eigenvalue weighted by Crippen LogP contribution is -2.55. The van der Waals surface area contributed by atoms with Crippen molar-refractivity contribution in [1.29, 1.82) is 0 Å². The van der Waals surface area contributed by atoms with Crippen LogP contribution in [0.25, 0.3) is 5.69 Å². The molecule has 3 atom stereocenters. The zero-order chi connectivity index (χ0) is 27.9. The Bertz CT molecular complexity index is 1410. The number of nitrogens with zero attached hydrogens (tertiary/aromatic N) is 7. The van der Waals surface area contributed by atoms with Crippen molar-refractivity contribution in [3.8, 4) is 11.4 Å². The molecule has 0 saturated carbocycles. The highest BCUT2D eigenvalue weighted by Crippen LogP contribution is 2.39. The molecule has 3 N–H and O–H groups in total. The van der Waals surface area contributed by atoms with E-state index < -0.39 is 17.6 Å². The summed E-state index contributed by atoms with van der Waals surface area (Å²) in [7, 11) is 1.44. The minimum atomic E-state index is -0.808. The highest BCUT2D eigenvalue weighted by atomic mass is 35.5. The van der Waals surface area contributed by atoms with Gasteiger partial charge in [-0.15, -0.1) is 0 Å². The lowest BCUT2D eigenvalue weighted by Gasteiger charge is -2.47. The van der Waals surface area contributed by atoms with E-state index >= 15 is 4.39 Å². The van der Waals surface area contributed by atoms with Gasteiger partial charge in [0.05, 0.1) is 18.0 Å². The van der Waals surface area contributed by atoms with E-state index in [1.165, 1.54) is 39.1 Å². The second-order valence-electron chi connectivity index (χ2n) is 10.9. The molecule has 0 radical (unpaired) electrons. The highest BCUT2D eigenvalue weighted by molar-refractivity contribution is 6.32. The highest BCUT2D eigenvalue weighted by Gasteiger charge is 2.43. The number of fused-ring (bicyclic) bond motifs is 1. The molecular formula is C25H33ClFN9O3. The second kappa shape index (κ2) is 10.7. The molecule has 210 valence electrons. The number of hydrogen-bond donors (Lipinski definition) is 3. The number of benzene rings is 1. The third-order valence-corrected chi connectivity index (χ3v) is 7.54. The minimum absolute atomic E-state index is 0.0133. The number of nitrogens with one attached hydrogen (secondary N) is 2. The molecule has 12 nitrogen and oxygen atoms in total. The van der Waals surface area contributed by atoms with E-state index in [-0.39, 0.29) is 41.3 Å². The Morgan fingerprint density at radius 1 is 1.33 bits per heavy atom. The van der Waals surface area contributed by atoms with Crippen molar-refractivity contribution in [2.45, 2.75) is 70.2 Å². The molecular weight excluding hydrogens is 529 g/mol. The molecule has 0 amide bonds. The van der Waals surface area contributed by atoms with Gasteiger partial charge in [-0.05, 0) is 69.5 Å². The minimum Gasteiger partial charge on any atom is -0.489 e. The maximum Gasteiger partial charge on any atom is 0.368 e. The molecule has 0 bridgehead atoms. The number of tetrazole rings is 1. The average Bonchev–Trinajstić information content (AvgIpc) is 3.48. The van der Waals surface area contributed by atoms with Gasteiger partial charge in [0.2, 0.25) is 5.95 Å². The quantitative estimate of drug-likeness (QED) is 0.377. The van der Waals surface area contributed by atoms with E-state index in [1.54, 1.807) is 0 Å². The van der Waals surface area contributed by atoms with Crippen LogP contribution < -0.4 is 21.1 Å². The van der Waals surface area contributed by atoms with Crippen LogP contribution in [-0.4, -0.2) is 76.6 Å². The Hall–Kier alpha value is -3.29. The van der Waals surface area contributed by atoms with Crippen LogP contribution in [-0.2, 0) is 7.05 Å². The van der Waals surface area contributed by atoms with Crippen LogP contribution in [0.1, 0.15) is 46.5 Å². The van der Waals surface area contributed by atoms with Crippen LogP contribution >= 0.6 is 11.6 Å².